The molecule has 1 heterocycles. The SMILES string of the molecule is CN(C)CC1Cc2cc(C(N)/C=C\N)c(N)cc2O1. The quantitative estimate of drug-likeness (QED) is 0.691. The summed E-state index contributed by atoms with van der Waals surface area (Å²) in [4.78, 5) is 2.11. The molecule has 0 aliphatic carbocycles. The lowest BCUT2D eigenvalue weighted by molar-refractivity contribution is 0.184. The molecule has 1 aromatic rings. The van der Waals surface area contributed by atoms with E-state index in [-0.39, 0.29) is 12.1 Å². The van der Waals surface area contributed by atoms with Crippen LogP contribution in [-0.4, -0.2) is 31.6 Å². The van der Waals surface area contributed by atoms with Crippen LogP contribution < -0.4 is 21.9 Å². The number of hydrogen-bond acceptors (Lipinski definition) is 5. The molecule has 0 fully saturated rings. The number of benzene rings is 1. The molecule has 0 saturated heterocycles. The van der Waals surface area contributed by atoms with Crippen LogP contribution in [0.3, 0.4) is 0 Å². The summed E-state index contributed by atoms with van der Waals surface area (Å²) in [5.74, 6) is 0.872. The Kier molecular flexibility index (Phi) is 3.97. The minimum atomic E-state index is -0.275. The Morgan fingerprint density at radius 1 is 1.47 bits per heavy atom. The standard InChI is InChI=1S/C14H22N4O/c1-18(2)8-10-5-9-6-11(12(16)3-4-15)13(17)7-14(9)19-10/h3-4,6-7,10,12H,5,8,15-17H2,1-2H3/b4-3-. The second-order valence-corrected chi connectivity index (χ2v) is 5.21. The molecule has 5 nitrogen and oxygen atoms in total. The molecule has 2 rings (SSSR count). The molecule has 0 amide bonds. The molecule has 5 heteroatoms. The molecule has 19 heavy (non-hydrogen) atoms. The maximum atomic E-state index is 6.03. The van der Waals surface area contributed by atoms with E-state index in [9.17, 15) is 0 Å². The fourth-order valence-corrected chi connectivity index (χ4v) is 2.42. The summed E-state index contributed by atoms with van der Waals surface area (Å²) in [7, 11) is 4.07. The first kappa shape index (κ1) is 13.7. The monoisotopic (exact) mass is 262 g/mol. The lowest BCUT2D eigenvalue weighted by Crippen LogP contribution is -2.29. The molecule has 1 aliphatic heterocycles. The van der Waals surface area contributed by atoms with Crippen LogP contribution in [0.15, 0.2) is 24.4 Å². The second kappa shape index (κ2) is 5.50. The van der Waals surface area contributed by atoms with Crippen LogP contribution in [0.5, 0.6) is 5.75 Å². The van der Waals surface area contributed by atoms with Crippen molar-refractivity contribution in [2.45, 2.75) is 18.6 Å². The zero-order valence-electron chi connectivity index (χ0n) is 11.5. The first-order chi connectivity index (χ1) is 9.01. The summed E-state index contributed by atoms with van der Waals surface area (Å²) >= 11 is 0. The highest BCUT2D eigenvalue weighted by molar-refractivity contribution is 5.58. The predicted octanol–water partition coefficient (Wildman–Crippen LogP) is 0.606. The molecule has 0 radical (unpaired) electrons. The van der Waals surface area contributed by atoms with E-state index in [0.717, 1.165) is 29.8 Å². The summed E-state index contributed by atoms with van der Waals surface area (Å²) in [6.07, 6.45) is 4.24. The van der Waals surface area contributed by atoms with Gasteiger partial charge in [-0.15, -0.1) is 0 Å². The van der Waals surface area contributed by atoms with Gasteiger partial charge in [-0.1, -0.05) is 0 Å². The topological polar surface area (TPSA) is 90.5 Å². The van der Waals surface area contributed by atoms with Crippen LogP contribution in [0, 0.1) is 0 Å². The number of nitrogens with two attached hydrogens (primary N) is 3. The lowest BCUT2D eigenvalue weighted by Gasteiger charge is -2.15. The number of nitrogen functional groups attached to an aromatic ring is 1. The van der Waals surface area contributed by atoms with E-state index < -0.39 is 0 Å². The van der Waals surface area contributed by atoms with E-state index in [1.165, 1.54) is 6.20 Å². The van der Waals surface area contributed by atoms with Crippen LogP contribution >= 0.6 is 0 Å². The van der Waals surface area contributed by atoms with E-state index in [0.29, 0.717) is 5.69 Å². The minimum Gasteiger partial charge on any atom is -0.488 e. The van der Waals surface area contributed by atoms with Crippen molar-refractivity contribution >= 4 is 5.69 Å². The van der Waals surface area contributed by atoms with Gasteiger partial charge in [0.1, 0.15) is 11.9 Å². The lowest BCUT2D eigenvalue weighted by atomic mass is 10.00. The van der Waals surface area contributed by atoms with Gasteiger partial charge in [-0.05, 0) is 43.6 Å². The van der Waals surface area contributed by atoms with Crippen molar-refractivity contribution in [1.82, 2.24) is 4.90 Å². The molecule has 2 unspecified atom stereocenters. The fourth-order valence-electron chi connectivity index (χ4n) is 2.42. The van der Waals surface area contributed by atoms with E-state index >= 15 is 0 Å². The average molecular weight is 262 g/mol. The maximum absolute atomic E-state index is 6.03. The molecular weight excluding hydrogens is 240 g/mol. The summed E-state index contributed by atoms with van der Waals surface area (Å²) in [5, 5.41) is 0. The van der Waals surface area contributed by atoms with Crippen molar-refractivity contribution < 1.29 is 4.74 Å². The molecule has 0 spiro atoms. The largest absolute Gasteiger partial charge is 0.488 e. The molecule has 1 aromatic carbocycles. The van der Waals surface area contributed by atoms with Crippen molar-refractivity contribution in [3.05, 3.63) is 35.5 Å². The fraction of sp³-hybridized carbons (Fsp3) is 0.429. The van der Waals surface area contributed by atoms with Gasteiger partial charge in [0.15, 0.2) is 0 Å². The normalized spacial score (nSPS) is 19.7. The van der Waals surface area contributed by atoms with Crippen LogP contribution in [0.4, 0.5) is 5.69 Å². The Morgan fingerprint density at radius 2 is 2.21 bits per heavy atom. The number of rotatable bonds is 4. The number of likely N-dealkylation sites (N-methyl/N-ethyl adjacent to an activating group) is 1. The maximum Gasteiger partial charge on any atom is 0.125 e. The molecule has 1 aliphatic rings. The predicted molar refractivity (Wildman–Crippen MR) is 77.8 cm³/mol. The van der Waals surface area contributed by atoms with Gasteiger partial charge in [0.25, 0.3) is 0 Å². The summed E-state index contributed by atoms with van der Waals surface area (Å²) in [6.45, 7) is 0.888. The number of anilines is 1. The Bertz CT molecular complexity index is 485. The minimum absolute atomic E-state index is 0.181. The zero-order valence-corrected chi connectivity index (χ0v) is 11.5. The third-order valence-corrected chi connectivity index (χ3v) is 3.25. The van der Waals surface area contributed by atoms with Crippen LogP contribution in [0.25, 0.3) is 0 Å². The van der Waals surface area contributed by atoms with Gasteiger partial charge in [0, 0.05) is 24.7 Å². The highest BCUT2D eigenvalue weighted by Crippen LogP contribution is 2.35. The van der Waals surface area contributed by atoms with Gasteiger partial charge in [0.2, 0.25) is 0 Å². The van der Waals surface area contributed by atoms with Gasteiger partial charge in [0.05, 0.1) is 6.04 Å². The molecule has 0 aromatic heterocycles. The van der Waals surface area contributed by atoms with E-state index in [1.807, 2.05) is 26.2 Å². The number of ether oxygens (including phenoxy) is 1. The van der Waals surface area contributed by atoms with E-state index in [4.69, 9.17) is 21.9 Å². The van der Waals surface area contributed by atoms with Crippen LogP contribution in [0.2, 0.25) is 0 Å². The first-order valence-electron chi connectivity index (χ1n) is 6.39. The number of hydrogen-bond donors (Lipinski definition) is 3. The molecule has 0 bridgehead atoms. The molecule has 0 saturated carbocycles. The van der Waals surface area contributed by atoms with Crippen molar-refractivity contribution in [2.24, 2.45) is 11.5 Å². The average Bonchev–Trinajstić information content (AvgIpc) is 2.68. The molecule has 2 atom stereocenters. The van der Waals surface area contributed by atoms with Crippen molar-refractivity contribution in [3.8, 4) is 5.75 Å². The summed E-state index contributed by atoms with van der Waals surface area (Å²) in [5.41, 5.74) is 20.1. The highest BCUT2D eigenvalue weighted by Gasteiger charge is 2.25. The van der Waals surface area contributed by atoms with E-state index in [2.05, 4.69) is 4.90 Å². The van der Waals surface area contributed by atoms with Crippen LogP contribution in [0.1, 0.15) is 17.2 Å². The third kappa shape index (κ3) is 3.00. The van der Waals surface area contributed by atoms with Crippen LogP contribution in [-0.2, 0) is 6.42 Å². The van der Waals surface area contributed by atoms with E-state index in [1.54, 1.807) is 6.08 Å². The van der Waals surface area contributed by atoms with Crippen molar-refractivity contribution in [3.63, 3.8) is 0 Å². The molecule has 6 N–H and O–H groups in total. The van der Waals surface area contributed by atoms with Gasteiger partial charge in [-0.3, -0.25) is 0 Å². The third-order valence-electron chi connectivity index (χ3n) is 3.25. The Morgan fingerprint density at radius 3 is 2.84 bits per heavy atom. The smallest absolute Gasteiger partial charge is 0.125 e. The Hall–Kier alpha value is -1.72. The first-order valence-corrected chi connectivity index (χ1v) is 6.39. The van der Waals surface area contributed by atoms with Gasteiger partial charge >= 0.3 is 0 Å². The highest BCUT2D eigenvalue weighted by atomic mass is 16.5. The van der Waals surface area contributed by atoms with Crippen molar-refractivity contribution in [1.29, 1.82) is 0 Å². The molecule has 104 valence electrons. The Balaban J connectivity index is 2.22. The summed E-state index contributed by atoms with van der Waals surface area (Å²) in [6, 6.07) is 3.62. The molecular formula is C14H22N4O. The van der Waals surface area contributed by atoms with Gasteiger partial charge in [-0.25, -0.2) is 0 Å². The van der Waals surface area contributed by atoms with Gasteiger partial charge < -0.3 is 26.8 Å². The van der Waals surface area contributed by atoms with Crippen molar-refractivity contribution in [2.75, 3.05) is 26.4 Å². The summed E-state index contributed by atoms with van der Waals surface area (Å²) < 4.78 is 5.89. The second-order valence-electron chi connectivity index (χ2n) is 5.21. The van der Waals surface area contributed by atoms with Gasteiger partial charge in [-0.2, -0.15) is 0 Å². The Labute approximate surface area is 114 Å². The number of fused-ring (bicyclic) bond motifs is 1. The zero-order chi connectivity index (χ0) is 14.0. The number of nitrogens with zero attached hydrogens (tertiary/aromatic N) is 1.